The van der Waals surface area contributed by atoms with Crippen LogP contribution in [0.5, 0.6) is 0 Å². The topological polar surface area (TPSA) is 66.3 Å². The third-order valence-corrected chi connectivity index (χ3v) is 4.07. The highest BCUT2D eigenvalue weighted by molar-refractivity contribution is 5.92. The third-order valence-electron chi connectivity index (χ3n) is 4.07. The Hall–Kier alpha value is -1.04. The first-order chi connectivity index (χ1) is 10.1. The SMILES string of the molecule is CC(O)CC(C)CNC(=O)c1cccn1C1CCNCC1.Cl. The number of halogens is 1. The molecule has 0 aliphatic carbocycles. The van der Waals surface area contributed by atoms with E-state index in [9.17, 15) is 9.90 Å². The first-order valence-electron chi connectivity index (χ1n) is 7.91. The lowest BCUT2D eigenvalue weighted by atomic mass is 10.0. The van der Waals surface area contributed by atoms with E-state index in [4.69, 9.17) is 0 Å². The fourth-order valence-electron chi connectivity index (χ4n) is 3.01. The number of piperidine rings is 1. The van der Waals surface area contributed by atoms with Gasteiger partial charge in [0.05, 0.1) is 6.10 Å². The zero-order valence-electron chi connectivity index (χ0n) is 13.4. The first kappa shape index (κ1) is 19.0. The van der Waals surface area contributed by atoms with Gasteiger partial charge < -0.3 is 20.3 Å². The molecule has 5 nitrogen and oxygen atoms in total. The number of nitrogens with one attached hydrogen (secondary N) is 2. The number of carbonyl (C=O) groups is 1. The molecule has 2 heterocycles. The standard InChI is InChI=1S/C16H27N3O2.ClH/c1-12(10-13(2)20)11-18-16(21)15-4-3-9-19(15)14-5-7-17-8-6-14;/h3-4,9,12-14,17,20H,5-8,10-11H2,1-2H3,(H,18,21);1H. The van der Waals surface area contributed by atoms with E-state index in [2.05, 4.69) is 15.2 Å². The summed E-state index contributed by atoms with van der Waals surface area (Å²) in [5.41, 5.74) is 0.742. The van der Waals surface area contributed by atoms with Crippen LogP contribution in [0.3, 0.4) is 0 Å². The van der Waals surface area contributed by atoms with Crippen molar-refractivity contribution in [2.45, 2.75) is 45.3 Å². The maximum Gasteiger partial charge on any atom is 0.267 e. The molecule has 2 atom stereocenters. The minimum atomic E-state index is -0.324. The molecule has 0 aromatic carbocycles. The van der Waals surface area contributed by atoms with E-state index in [0.29, 0.717) is 19.0 Å². The fourth-order valence-corrected chi connectivity index (χ4v) is 3.01. The third kappa shape index (κ3) is 5.30. The number of carbonyl (C=O) groups excluding carboxylic acids is 1. The number of hydrogen-bond donors (Lipinski definition) is 3. The number of aromatic nitrogens is 1. The van der Waals surface area contributed by atoms with Crippen molar-refractivity contribution in [1.82, 2.24) is 15.2 Å². The second kappa shape index (κ2) is 9.18. The van der Waals surface area contributed by atoms with Crippen molar-refractivity contribution in [2.24, 2.45) is 5.92 Å². The summed E-state index contributed by atoms with van der Waals surface area (Å²) in [6, 6.07) is 4.24. The van der Waals surface area contributed by atoms with Gasteiger partial charge in [-0.3, -0.25) is 4.79 Å². The van der Waals surface area contributed by atoms with Gasteiger partial charge in [0, 0.05) is 18.8 Å². The summed E-state index contributed by atoms with van der Waals surface area (Å²) in [5.74, 6) is 0.257. The van der Waals surface area contributed by atoms with Crippen LogP contribution in [-0.4, -0.2) is 41.3 Å². The van der Waals surface area contributed by atoms with Gasteiger partial charge in [0.15, 0.2) is 0 Å². The zero-order valence-corrected chi connectivity index (χ0v) is 14.2. The predicted octanol–water partition coefficient (Wildman–Crippen LogP) is 1.97. The Morgan fingerprint density at radius 3 is 2.77 bits per heavy atom. The van der Waals surface area contributed by atoms with Crippen LogP contribution < -0.4 is 10.6 Å². The summed E-state index contributed by atoms with van der Waals surface area (Å²) in [7, 11) is 0. The fraction of sp³-hybridized carbons (Fsp3) is 0.688. The van der Waals surface area contributed by atoms with E-state index in [0.717, 1.165) is 31.6 Å². The van der Waals surface area contributed by atoms with Gasteiger partial charge in [-0.05, 0) is 57.3 Å². The molecule has 1 aromatic rings. The number of nitrogens with zero attached hydrogens (tertiary/aromatic N) is 1. The molecule has 0 radical (unpaired) electrons. The number of rotatable bonds is 6. The molecule has 1 saturated heterocycles. The second-order valence-electron chi connectivity index (χ2n) is 6.18. The van der Waals surface area contributed by atoms with Crippen molar-refractivity contribution in [1.29, 1.82) is 0 Å². The predicted molar refractivity (Wildman–Crippen MR) is 90.6 cm³/mol. The molecule has 1 aliphatic heterocycles. The average Bonchev–Trinajstić information content (AvgIpc) is 2.94. The van der Waals surface area contributed by atoms with Gasteiger partial charge in [0.1, 0.15) is 5.69 Å². The Bertz CT molecular complexity index is 456. The van der Waals surface area contributed by atoms with Gasteiger partial charge in [0.25, 0.3) is 5.91 Å². The summed E-state index contributed by atoms with van der Waals surface area (Å²) in [4.78, 5) is 12.3. The van der Waals surface area contributed by atoms with Gasteiger partial charge in [-0.1, -0.05) is 6.92 Å². The van der Waals surface area contributed by atoms with E-state index < -0.39 is 0 Å². The highest BCUT2D eigenvalue weighted by atomic mass is 35.5. The van der Waals surface area contributed by atoms with Gasteiger partial charge in [0.2, 0.25) is 0 Å². The Morgan fingerprint density at radius 1 is 1.45 bits per heavy atom. The van der Waals surface area contributed by atoms with Crippen molar-refractivity contribution in [3.63, 3.8) is 0 Å². The molecule has 1 fully saturated rings. The largest absolute Gasteiger partial charge is 0.393 e. The van der Waals surface area contributed by atoms with Crippen molar-refractivity contribution in [2.75, 3.05) is 19.6 Å². The molecular formula is C16H28ClN3O2. The molecule has 2 unspecified atom stereocenters. The number of amides is 1. The lowest BCUT2D eigenvalue weighted by Crippen LogP contribution is -2.34. The second-order valence-corrected chi connectivity index (χ2v) is 6.18. The average molecular weight is 330 g/mol. The zero-order chi connectivity index (χ0) is 15.2. The molecule has 126 valence electrons. The lowest BCUT2D eigenvalue weighted by Gasteiger charge is -2.26. The van der Waals surface area contributed by atoms with Gasteiger partial charge >= 0.3 is 0 Å². The van der Waals surface area contributed by atoms with Crippen LogP contribution >= 0.6 is 12.4 Å². The van der Waals surface area contributed by atoms with Crippen LogP contribution in [0.25, 0.3) is 0 Å². The smallest absolute Gasteiger partial charge is 0.267 e. The van der Waals surface area contributed by atoms with Crippen molar-refractivity contribution >= 4 is 18.3 Å². The summed E-state index contributed by atoms with van der Waals surface area (Å²) in [6.07, 6.45) is 4.51. The van der Waals surface area contributed by atoms with E-state index >= 15 is 0 Å². The Balaban J connectivity index is 0.00000242. The molecule has 1 amide bonds. The maximum atomic E-state index is 12.3. The highest BCUT2D eigenvalue weighted by Crippen LogP contribution is 2.21. The van der Waals surface area contributed by atoms with Crippen molar-refractivity contribution in [3.05, 3.63) is 24.0 Å². The Morgan fingerprint density at radius 2 is 2.14 bits per heavy atom. The van der Waals surface area contributed by atoms with Crippen LogP contribution in [-0.2, 0) is 0 Å². The summed E-state index contributed by atoms with van der Waals surface area (Å²) >= 11 is 0. The molecule has 2 rings (SSSR count). The lowest BCUT2D eigenvalue weighted by molar-refractivity contribution is 0.0926. The first-order valence-corrected chi connectivity index (χ1v) is 7.91. The molecular weight excluding hydrogens is 302 g/mol. The Labute approximate surface area is 138 Å². The quantitative estimate of drug-likeness (QED) is 0.747. The van der Waals surface area contributed by atoms with Crippen LogP contribution in [0.15, 0.2) is 18.3 Å². The molecule has 3 N–H and O–H groups in total. The molecule has 0 saturated carbocycles. The molecule has 22 heavy (non-hydrogen) atoms. The monoisotopic (exact) mass is 329 g/mol. The summed E-state index contributed by atoms with van der Waals surface area (Å²) in [6.45, 7) is 6.44. The van der Waals surface area contributed by atoms with Gasteiger partial charge in [-0.25, -0.2) is 0 Å². The minimum absolute atomic E-state index is 0. The molecule has 6 heteroatoms. The van der Waals surface area contributed by atoms with Crippen LogP contribution in [0.1, 0.15) is 49.6 Å². The van der Waals surface area contributed by atoms with Crippen LogP contribution in [0.2, 0.25) is 0 Å². The van der Waals surface area contributed by atoms with E-state index in [1.807, 2.05) is 25.3 Å². The van der Waals surface area contributed by atoms with Crippen molar-refractivity contribution in [3.8, 4) is 0 Å². The summed E-state index contributed by atoms with van der Waals surface area (Å²) in [5, 5.41) is 15.7. The molecule has 0 bridgehead atoms. The Kier molecular flexibility index (Phi) is 7.93. The van der Waals surface area contributed by atoms with Crippen molar-refractivity contribution < 1.29 is 9.90 Å². The van der Waals surface area contributed by atoms with Crippen LogP contribution in [0.4, 0.5) is 0 Å². The highest BCUT2D eigenvalue weighted by Gasteiger charge is 2.20. The number of aliphatic hydroxyl groups is 1. The van der Waals surface area contributed by atoms with Gasteiger partial charge in [-0.2, -0.15) is 0 Å². The van der Waals surface area contributed by atoms with E-state index in [1.165, 1.54) is 0 Å². The molecule has 1 aromatic heterocycles. The maximum absolute atomic E-state index is 12.3. The molecule has 1 aliphatic rings. The summed E-state index contributed by atoms with van der Waals surface area (Å²) < 4.78 is 2.11. The van der Waals surface area contributed by atoms with E-state index in [-0.39, 0.29) is 30.3 Å². The van der Waals surface area contributed by atoms with Gasteiger partial charge in [-0.15, -0.1) is 12.4 Å². The normalized spacial score (nSPS) is 18.3. The van der Waals surface area contributed by atoms with E-state index in [1.54, 1.807) is 6.92 Å². The minimum Gasteiger partial charge on any atom is -0.393 e. The van der Waals surface area contributed by atoms with Crippen LogP contribution in [0, 0.1) is 5.92 Å². The number of aliphatic hydroxyl groups excluding tert-OH is 1. The number of hydrogen-bond acceptors (Lipinski definition) is 3. The molecule has 0 spiro atoms.